The Morgan fingerprint density at radius 2 is 1.62 bits per heavy atom. The van der Waals surface area contributed by atoms with Crippen LogP contribution in [0.4, 0.5) is 0 Å². The monoisotopic (exact) mass is 342 g/mol. The first-order chi connectivity index (χ1) is 11.1. The zero-order chi connectivity index (χ0) is 18.9. The quantitative estimate of drug-likeness (QED) is 0.618. The maximum Gasteiger partial charge on any atom is 0.328 e. The average Bonchev–Trinajstić information content (AvgIpc) is 2.45. The van der Waals surface area contributed by atoms with Gasteiger partial charge in [-0.2, -0.15) is 0 Å². The Labute approximate surface area is 146 Å². The molecule has 0 rings (SSSR count). The van der Waals surface area contributed by atoms with Gasteiger partial charge in [-0.05, 0) is 31.6 Å². The van der Waals surface area contributed by atoms with Crippen molar-refractivity contribution in [1.82, 2.24) is 10.2 Å². The lowest BCUT2D eigenvalue weighted by atomic mass is 9.84. The van der Waals surface area contributed by atoms with E-state index in [0.717, 1.165) is 0 Å². The van der Waals surface area contributed by atoms with E-state index in [0.29, 0.717) is 25.9 Å². The van der Waals surface area contributed by atoms with Gasteiger partial charge in [0.1, 0.15) is 6.04 Å². The van der Waals surface area contributed by atoms with E-state index in [9.17, 15) is 14.4 Å². The second kappa shape index (κ2) is 10.3. The van der Waals surface area contributed by atoms with Crippen LogP contribution in [-0.2, 0) is 19.1 Å². The second-order valence-electron chi connectivity index (χ2n) is 7.36. The number of carbonyl (C=O) groups is 3. The van der Waals surface area contributed by atoms with Gasteiger partial charge in [0.25, 0.3) is 0 Å². The highest BCUT2D eigenvalue weighted by molar-refractivity contribution is 5.85. The Morgan fingerprint density at radius 1 is 1.08 bits per heavy atom. The summed E-state index contributed by atoms with van der Waals surface area (Å²) in [6.07, 6.45) is 1.01. The lowest BCUT2D eigenvalue weighted by Gasteiger charge is -2.28. The number of hydrogen-bond donors (Lipinski definition) is 1. The van der Waals surface area contributed by atoms with Crippen LogP contribution in [0, 0.1) is 11.3 Å². The number of esters is 1. The maximum absolute atomic E-state index is 12.3. The molecule has 0 bridgehead atoms. The fourth-order valence-corrected chi connectivity index (χ4v) is 2.67. The van der Waals surface area contributed by atoms with Gasteiger partial charge >= 0.3 is 5.97 Å². The third-order valence-electron chi connectivity index (χ3n) is 3.91. The molecule has 0 aromatic carbocycles. The molecule has 0 saturated heterocycles. The van der Waals surface area contributed by atoms with Crippen molar-refractivity contribution in [2.75, 3.05) is 20.2 Å². The van der Waals surface area contributed by atoms with Crippen molar-refractivity contribution in [3.05, 3.63) is 0 Å². The van der Waals surface area contributed by atoms with Crippen LogP contribution in [0.15, 0.2) is 0 Å². The molecular weight excluding hydrogens is 308 g/mol. The van der Waals surface area contributed by atoms with Crippen molar-refractivity contribution in [2.45, 2.75) is 66.8 Å². The molecule has 0 aromatic rings. The number of carbonyl (C=O) groups excluding carboxylic acids is 3. The van der Waals surface area contributed by atoms with Crippen molar-refractivity contribution in [2.24, 2.45) is 11.3 Å². The Balaban J connectivity index is 4.75. The van der Waals surface area contributed by atoms with E-state index in [2.05, 4.69) is 5.32 Å². The molecule has 0 fully saturated rings. The number of nitrogens with zero attached hydrogens (tertiary/aromatic N) is 1. The van der Waals surface area contributed by atoms with Crippen molar-refractivity contribution >= 4 is 17.8 Å². The molecule has 140 valence electrons. The summed E-state index contributed by atoms with van der Waals surface area (Å²) in [6, 6.07) is -0.642. The summed E-state index contributed by atoms with van der Waals surface area (Å²) in [5, 5.41) is 2.75. The smallest absolute Gasteiger partial charge is 0.328 e. The van der Waals surface area contributed by atoms with E-state index < -0.39 is 17.4 Å². The van der Waals surface area contributed by atoms with Crippen LogP contribution in [0.3, 0.4) is 0 Å². The molecular formula is C18H34N2O4. The predicted octanol–water partition coefficient (Wildman–Crippen LogP) is 2.37. The van der Waals surface area contributed by atoms with E-state index in [1.54, 1.807) is 4.90 Å². The standard InChI is InChI=1S/C18H34N2O4/c1-8-20(9-2)16(22)12-18(5,6)11-15(21)19-14(10-13(3)4)17(23)24-7/h13-14H,8-12H2,1-7H3,(H,19,21). The van der Waals surface area contributed by atoms with Crippen LogP contribution < -0.4 is 5.32 Å². The minimum Gasteiger partial charge on any atom is -0.467 e. The summed E-state index contributed by atoms with van der Waals surface area (Å²) in [4.78, 5) is 38.1. The summed E-state index contributed by atoms with van der Waals surface area (Å²) >= 11 is 0. The van der Waals surface area contributed by atoms with Crippen molar-refractivity contribution < 1.29 is 19.1 Å². The van der Waals surface area contributed by atoms with E-state index in [4.69, 9.17) is 4.74 Å². The molecule has 24 heavy (non-hydrogen) atoms. The number of nitrogens with one attached hydrogen (secondary N) is 1. The van der Waals surface area contributed by atoms with Crippen LogP contribution in [0.1, 0.15) is 60.8 Å². The molecule has 0 saturated carbocycles. The summed E-state index contributed by atoms with van der Waals surface area (Å²) in [5.74, 6) is -0.367. The molecule has 6 nitrogen and oxygen atoms in total. The summed E-state index contributed by atoms with van der Waals surface area (Å²) in [6.45, 7) is 12.9. The lowest BCUT2D eigenvalue weighted by Crippen LogP contribution is -2.44. The number of ether oxygens (including phenoxy) is 1. The first-order valence-electron chi connectivity index (χ1n) is 8.71. The van der Waals surface area contributed by atoms with Crippen molar-refractivity contribution in [3.8, 4) is 0 Å². The van der Waals surface area contributed by atoms with Gasteiger partial charge in [-0.1, -0.05) is 27.7 Å². The van der Waals surface area contributed by atoms with Gasteiger partial charge < -0.3 is 15.0 Å². The Kier molecular flexibility index (Phi) is 9.63. The highest BCUT2D eigenvalue weighted by Crippen LogP contribution is 2.26. The predicted molar refractivity (Wildman–Crippen MR) is 94.3 cm³/mol. The third kappa shape index (κ3) is 8.31. The molecule has 0 spiro atoms. The number of methoxy groups -OCH3 is 1. The normalized spacial score (nSPS) is 12.7. The van der Waals surface area contributed by atoms with Gasteiger partial charge in [0.15, 0.2) is 0 Å². The minimum absolute atomic E-state index is 0.0458. The molecule has 0 aromatic heterocycles. The highest BCUT2D eigenvalue weighted by Gasteiger charge is 2.29. The Hall–Kier alpha value is -1.59. The first kappa shape index (κ1) is 22.4. The van der Waals surface area contributed by atoms with E-state index >= 15 is 0 Å². The highest BCUT2D eigenvalue weighted by atomic mass is 16.5. The lowest BCUT2D eigenvalue weighted by molar-refractivity contribution is -0.146. The second-order valence-corrected chi connectivity index (χ2v) is 7.36. The van der Waals surface area contributed by atoms with Gasteiger partial charge in [-0.15, -0.1) is 0 Å². The molecule has 0 heterocycles. The summed E-state index contributed by atoms with van der Waals surface area (Å²) in [7, 11) is 1.31. The number of hydrogen-bond acceptors (Lipinski definition) is 4. The third-order valence-corrected chi connectivity index (χ3v) is 3.91. The van der Waals surface area contributed by atoms with Gasteiger partial charge in [-0.3, -0.25) is 9.59 Å². The molecule has 0 aliphatic heterocycles. The number of amides is 2. The maximum atomic E-state index is 12.3. The summed E-state index contributed by atoms with van der Waals surface area (Å²) < 4.78 is 4.75. The van der Waals surface area contributed by atoms with Crippen LogP contribution >= 0.6 is 0 Å². The molecule has 1 unspecified atom stereocenters. The van der Waals surface area contributed by atoms with E-state index in [-0.39, 0.29) is 24.2 Å². The number of rotatable bonds is 10. The Morgan fingerprint density at radius 3 is 2.04 bits per heavy atom. The molecule has 6 heteroatoms. The van der Waals surface area contributed by atoms with E-state index in [1.165, 1.54) is 7.11 Å². The zero-order valence-corrected chi connectivity index (χ0v) is 16.3. The van der Waals surface area contributed by atoms with Crippen molar-refractivity contribution in [1.29, 1.82) is 0 Å². The SMILES string of the molecule is CCN(CC)C(=O)CC(C)(C)CC(=O)NC(CC(C)C)C(=O)OC. The fraction of sp³-hybridized carbons (Fsp3) is 0.833. The Bertz CT molecular complexity index is 429. The van der Waals surface area contributed by atoms with Crippen molar-refractivity contribution in [3.63, 3.8) is 0 Å². The molecule has 1 N–H and O–H groups in total. The van der Waals surface area contributed by atoms with Gasteiger partial charge in [0, 0.05) is 25.9 Å². The molecule has 2 amide bonds. The van der Waals surface area contributed by atoms with Crippen LogP contribution in [0.5, 0.6) is 0 Å². The van der Waals surface area contributed by atoms with Crippen LogP contribution in [0.25, 0.3) is 0 Å². The molecule has 0 aliphatic rings. The largest absolute Gasteiger partial charge is 0.467 e. The van der Waals surface area contributed by atoms with Gasteiger partial charge in [0.05, 0.1) is 7.11 Å². The van der Waals surface area contributed by atoms with Gasteiger partial charge in [0.2, 0.25) is 11.8 Å². The van der Waals surface area contributed by atoms with Crippen LogP contribution in [0.2, 0.25) is 0 Å². The first-order valence-corrected chi connectivity index (χ1v) is 8.71. The molecule has 0 aliphatic carbocycles. The molecule has 1 atom stereocenters. The average molecular weight is 342 g/mol. The topological polar surface area (TPSA) is 75.7 Å². The summed E-state index contributed by atoms with van der Waals surface area (Å²) in [5.41, 5.74) is -0.470. The molecule has 0 radical (unpaired) electrons. The fourth-order valence-electron chi connectivity index (χ4n) is 2.67. The zero-order valence-electron chi connectivity index (χ0n) is 16.3. The van der Waals surface area contributed by atoms with Crippen LogP contribution in [-0.4, -0.2) is 48.9 Å². The van der Waals surface area contributed by atoms with Gasteiger partial charge in [-0.25, -0.2) is 4.79 Å². The minimum atomic E-state index is -0.642. The van der Waals surface area contributed by atoms with E-state index in [1.807, 2.05) is 41.5 Å².